The van der Waals surface area contributed by atoms with Crippen LogP contribution in [0.25, 0.3) is 0 Å². The van der Waals surface area contributed by atoms with Crippen molar-refractivity contribution < 1.29 is 8.37 Å². The summed E-state index contributed by atoms with van der Waals surface area (Å²) < 4.78 is 10.2. The van der Waals surface area contributed by atoms with Crippen molar-refractivity contribution in [2.75, 3.05) is 6.61 Å². The number of aryl methyl sites for hydroxylation is 1. The predicted molar refractivity (Wildman–Crippen MR) is 48.8 cm³/mol. The third-order valence-electron chi connectivity index (χ3n) is 1.25. The predicted octanol–water partition coefficient (Wildman–Crippen LogP) is 2.37. The number of hydrogen-bond donors (Lipinski definition) is 0. The molecule has 0 spiro atoms. The van der Waals surface area contributed by atoms with Gasteiger partial charge in [0.25, 0.3) is 0 Å². The van der Waals surface area contributed by atoms with Crippen LogP contribution < -0.4 is 4.18 Å². The monoisotopic (exact) mass is 185 g/mol. The molecule has 0 fully saturated rings. The van der Waals surface area contributed by atoms with Crippen LogP contribution in [0.5, 0.6) is 5.75 Å². The lowest BCUT2D eigenvalue weighted by Gasteiger charge is -2.03. The minimum absolute atomic E-state index is 0.629. The molecule has 0 aliphatic rings. The molecule has 12 heavy (non-hydrogen) atoms. The van der Waals surface area contributed by atoms with E-state index in [2.05, 4.69) is 4.98 Å². The lowest BCUT2D eigenvalue weighted by atomic mass is 10.3. The number of hydrogen-bond acceptors (Lipinski definition) is 4. The van der Waals surface area contributed by atoms with Gasteiger partial charge < -0.3 is 4.18 Å². The average molecular weight is 185 g/mol. The van der Waals surface area contributed by atoms with E-state index in [9.17, 15) is 0 Å². The molecule has 0 saturated heterocycles. The normalized spacial score (nSPS) is 9.83. The Bertz CT molecular complexity index is 242. The first-order valence-corrected chi connectivity index (χ1v) is 4.39. The third kappa shape index (κ3) is 2.71. The van der Waals surface area contributed by atoms with E-state index < -0.39 is 0 Å². The molecule has 0 N–H and O–H groups in total. The SMILES string of the molecule is CCOSOc1cccnc1C. The molecule has 0 unspecified atom stereocenters. The number of rotatable bonds is 4. The second kappa shape index (κ2) is 5.00. The van der Waals surface area contributed by atoms with Gasteiger partial charge in [-0.2, -0.15) is 0 Å². The number of aromatic nitrogens is 1. The van der Waals surface area contributed by atoms with Crippen molar-refractivity contribution in [2.24, 2.45) is 0 Å². The molecule has 0 aliphatic heterocycles. The summed E-state index contributed by atoms with van der Waals surface area (Å²) in [4.78, 5) is 4.06. The smallest absolute Gasteiger partial charge is 0.225 e. The Morgan fingerprint density at radius 1 is 1.58 bits per heavy atom. The van der Waals surface area contributed by atoms with Gasteiger partial charge in [-0.15, -0.1) is 0 Å². The van der Waals surface area contributed by atoms with Crippen LogP contribution in [-0.2, 0) is 4.18 Å². The Labute approximate surface area is 76.5 Å². The van der Waals surface area contributed by atoms with E-state index in [4.69, 9.17) is 8.37 Å². The summed E-state index contributed by atoms with van der Waals surface area (Å²) in [5.74, 6) is 0.746. The summed E-state index contributed by atoms with van der Waals surface area (Å²) in [6.07, 6.45) is 1.73. The Kier molecular flexibility index (Phi) is 3.90. The molecular weight excluding hydrogens is 174 g/mol. The lowest BCUT2D eigenvalue weighted by Crippen LogP contribution is -1.89. The maximum atomic E-state index is 5.21. The molecule has 0 saturated carbocycles. The average Bonchev–Trinajstić information content (AvgIpc) is 2.09. The van der Waals surface area contributed by atoms with Crippen LogP contribution in [0.15, 0.2) is 18.3 Å². The van der Waals surface area contributed by atoms with Crippen LogP contribution in [0.1, 0.15) is 12.6 Å². The molecular formula is C8H11NO2S. The van der Waals surface area contributed by atoms with Crippen LogP contribution >= 0.6 is 12.3 Å². The number of pyridine rings is 1. The summed E-state index contributed by atoms with van der Waals surface area (Å²) >= 11 is 0.981. The van der Waals surface area contributed by atoms with Crippen molar-refractivity contribution in [2.45, 2.75) is 13.8 Å². The Balaban J connectivity index is 2.46. The fraction of sp³-hybridized carbons (Fsp3) is 0.375. The van der Waals surface area contributed by atoms with E-state index in [0.29, 0.717) is 6.61 Å². The van der Waals surface area contributed by atoms with Gasteiger partial charge in [0.1, 0.15) is 0 Å². The van der Waals surface area contributed by atoms with Gasteiger partial charge in [0.2, 0.25) is 12.3 Å². The highest BCUT2D eigenvalue weighted by Gasteiger charge is 1.98. The Morgan fingerprint density at radius 2 is 2.42 bits per heavy atom. The zero-order valence-electron chi connectivity index (χ0n) is 7.11. The molecule has 66 valence electrons. The molecule has 0 amide bonds. The van der Waals surface area contributed by atoms with Crippen molar-refractivity contribution in [1.29, 1.82) is 0 Å². The molecule has 0 radical (unpaired) electrons. The van der Waals surface area contributed by atoms with Gasteiger partial charge >= 0.3 is 0 Å². The van der Waals surface area contributed by atoms with E-state index in [1.54, 1.807) is 6.20 Å². The van der Waals surface area contributed by atoms with Gasteiger partial charge in [0.05, 0.1) is 12.3 Å². The van der Waals surface area contributed by atoms with Gasteiger partial charge in [-0.3, -0.25) is 9.17 Å². The standard InChI is InChI=1S/C8H11NO2S/c1-3-10-12-11-8-5-4-6-9-7(8)2/h4-6H,3H2,1-2H3. The van der Waals surface area contributed by atoms with Crippen molar-refractivity contribution in [3.8, 4) is 5.75 Å². The maximum Gasteiger partial charge on any atom is 0.225 e. The topological polar surface area (TPSA) is 31.4 Å². The van der Waals surface area contributed by atoms with Crippen LogP contribution in [0.3, 0.4) is 0 Å². The van der Waals surface area contributed by atoms with E-state index in [-0.39, 0.29) is 0 Å². The van der Waals surface area contributed by atoms with Gasteiger partial charge in [-0.25, -0.2) is 0 Å². The molecule has 1 heterocycles. The molecule has 3 nitrogen and oxygen atoms in total. The Morgan fingerprint density at radius 3 is 3.08 bits per heavy atom. The Hall–Kier alpha value is -0.740. The molecule has 1 aromatic rings. The quantitative estimate of drug-likeness (QED) is 0.532. The van der Waals surface area contributed by atoms with Crippen molar-refractivity contribution in [3.63, 3.8) is 0 Å². The van der Waals surface area contributed by atoms with E-state index in [0.717, 1.165) is 23.8 Å². The largest absolute Gasteiger partial charge is 0.398 e. The summed E-state index contributed by atoms with van der Waals surface area (Å²) in [6.45, 7) is 4.43. The summed E-state index contributed by atoms with van der Waals surface area (Å²) in [5, 5.41) is 0. The van der Waals surface area contributed by atoms with E-state index in [1.807, 2.05) is 26.0 Å². The third-order valence-corrected chi connectivity index (χ3v) is 1.83. The van der Waals surface area contributed by atoms with Gasteiger partial charge in [-0.05, 0) is 26.0 Å². The van der Waals surface area contributed by atoms with Crippen molar-refractivity contribution in [1.82, 2.24) is 4.98 Å². The van der Waals surface area contributed by atoms with Crippen LogP contribution in [0.4, 0.5) is 0 Å². The molecule has 1 aromatic heterocycles. The summed E-state index contributed by atoms with van der Waals surface area (Å²) in [5.41, 5.74) is 0.865. The zero-order chi connectivity index (χ0) is 8.81. The molecule has 0 bridgehead atoms. The van der Waals surface area contributed by atoms with Crippen molar-refractivity contribution >= 4 is 12.3 Å². The number of nitrogens with zero attached hydrogens (tertiary/aromatic N) is 1. The van der Waals surface area contributed by atoms with Gasteiger partial charge in [-0.1, -0.05) is 0 Å². The highest BCUT2D eigenvalue weighted by molar-refractivity contribution is 7.90. The lowest BCUT2D eigenvalue weighted by molar-refractivity contribution is 0.368. The fourth-order valence-electron chi connectivity index (χ4n) is 0.666. The zero-order valence-corrected chi connectivity index (χ0v) is 7.93. The first kappa shape index (κ1) is 9.35. The molecule has 4 heteroatoms. The minimum Gasteiger partial charge on any atom is -0.398 e. The fourth-order valence-corrected chi connectivity index (χ4v) is 1.06. The van der Waals surface area contributed by atoms with E-state index in [1.165, 1.54) is 0 Å². The molecule has 0 atom stereocenters. The van der Waals surface area contributed by atoms with Gasteiger partial charge in [0, 0.05) is 6.20 Å². The first-order chi connectivity index (χ1) is 5.84. The second-order valence-corrected chi connectivity index (χ2v) is 2.68. The highest BCUT2D eigenvalue weighted by atomic mass is 32.2. The van der Waals surface area contributed by atoms with Gasteiger partial charge in [0.15, 0.2) is 5.75 Å². The van der Waals surface area contributed by atoms with Crippen LogP contribution in [0.2, 0.25) is 0 Å². The van der Waals surface area contributed by atoms with Crippen molar-refractivity contribution in [3.05, 3.63) is 24.0 Å². The molecule has 0 aromatic carbocycles. The van der Waals surface area contributed by atoms with Crippen LogP contribution in [0, 0.1) is 6.92 Å². The van der Waals surface area contributed by atoms with Crippen LogP contribution in [-0.4, -0.2) is 11.6 Å². The highest BCUT2D eigenvalue weighted by Crippen LogP contribution is 2.19. The summed E-state index contributed by atoms with van der Waals surface area (Å²) in [6, 6.07) is 3.68. The first-order valence-electron chi connectivity index (χ1n) is 3.72. The van der Waals surface area contributed by atoms with E-state index >= 15 is 0 Å². The maximum absolute atomic E-state index is 5.21. The second-order valence-electron chi connectivity index (χ2n) is 2.14. The minimum atomic E-state index is 0.629. The molecule has 1 rings (SSSR count). The summed E-state index contributed by atoms with van der Waals surface area (Å²) in [7, 11) is 0. The molecule has 0 aliphatic carbocycles.